The number of nitrogens with zero attached hydrogens (tertiary/aromatic N) is 1. The summed E-state index contributed by atoms with van der Waals surface area (Å²) in [7, 11) is 0. The number of carbonyl (C=O) groups is 2. The minimum atomic E-state index is -0.728. The number of pyridine rings is 1. The molecule has 0 aliphatic rings. The van der Waals surface area contributed by atoms with Gasteiger partial charge in [0, 0.05) is 51.0 Å². The maximum atomic E-state index is 12.6. The van der Waals surface area contributed by atoms with Gasteiger partial charge in [-0.1, -0.05) is 36.4 Å². The molecule has 0 radical (unpaired) electrons. The molecule has 2 N–H and O–H groups in total. The Hall–Kier alpha value is -4.39. The molecule has 1 amide bonds. The van der Waals surface area contributed by atoms with Gasteiger partial charge in [-0.15, -0.1) is 0 Å². The van der Waals surface area contributed by atoms with E-state index in [2.05, 4.69) is 33.9 Å². The molecule has 7 nitrogen and oxygen atoms in total. The first-order chi connectivity index (χ1) is 16.0. The molecule has 33 heavy (non-hydrogen) atoms. The summed E-state index contributed by atoms with van der Waals surface area (Å²) < 4.78 is 7.42. The minimum absolute atomic E-state index is 0.121. The molecule has 0 fully saturated rings. The van der Waals surface area contributed by atoms with Crippen molar-refractivity contribution < 1.29 is 14.3 Å². The second-order valence-corrected chi connectivity index (χ2v) is 7.71. The summed E-state index contributed by atoms with van der Waals surface area (Å²) in [6.45, 7) is 2.47. The van der Waals surface area contributed by atoms with Gasteiger partial charge in [0.05, 0.1) is 5.56 Å². The molecule has 2 aromatic heterocycles. The third-order valence-electron chi connectivity index (χ3n) is 5.68. The van der Waals surface area contributed by atoms with Gasteiger partial charge in [0.2, 0.25) is 5.56 Å². The molecule has 164 valence electrons. The maximum Gasteiger partial charge on any atom is 0.339 e. The summed E-state index contributed by atoms with van der Waals surface area (Å²) in [5.41, 5.74) is 3.08. The number of esters is 1. The average molecular weight is 439 g/mol. The molecule has 0 aliphatic carbocycles. The molecule has 0 unspecified atom stereocenters. The van der Waals surface area contributed by atoms with Crippen LogP contribution in [0.25, 0.3) is 32.7 Å². The molecule has 0 atom stereocenters. The van der Waals surface area contributed by atoms with E-state index in [0.717, 1.165) is 28.4 Å². The molecule has 5 rings (SSSR count). The zero-order valence-corrected chi connectivity index (χ0v) is 17.9. The Labute approximate surface area is 188 Å². The van der Waals surface area contributed by atoms with Crippen LogP contribution in [0.1, 0.15) is 17.3 Å². The van der Waals surface area contributed by atoms with Gasteiger partial charge in [0.25, 0.3) is 5.91 Å². The molecular formula is C26H21N3O4. The topological polar surface area (TPSA) is 93.2 Å². The summed E-state index contributed by atoms with van der Waals surface area (Å²) in [5.74, 6) is -1.19. The van der Waals surface area contributed by atoms with E-state index in [1.54, 1.807) is 24.3 Å². The van der Waals surface area contributed by atoms with Gasteiger partial charge >= 0.3 is 5.97 Å². The number of fused-ring (bicyclic) bond motifs is 4. The van der Waals surface area contributed by atoms with Gasteiger partial charge in [-0.05, 0) is 37.3 Å². The van der Waals surface area contributed by atoms with Crippen molar-refractivity contribution in [2.24, 2.45) is 0 Å². The van der Waals surface area contributed by atoms with Crippen LogP contribution in [0.2, 0.25) is 0 Å². The third kappa shape index (κ3) is 3.74. The first-order valence-electron chi connectivity index (χ1n) is 10.6. The van der Waals surface area contributed by atoms with Crippen molar-refractivity contribution in [3.05, 3.63) is 88.7 Å². The highest BCUT2D eigenvalue weighted by molar-refractivity contribution is 6.10. The predicted octanol–water partition coefficient (Wildman–Crippen LogP) is 4.45. The standard InChI is InChI=1S/C26H21N3O4/c1-2-29-22-10-6-4-8-18(22)19-13-16(11-12-23(19)29)27-25(31)15-33-26(32)20-14-24(30)28-21-9-5-3-7-17(20)21/h3-14H,2,15H2,1H3,(H,27,31)(H,28,30). The molecule has 0 saturated carbocycles. The fraction of sp³-hybridized carbons (Fsp3) is 0.115. The number of anilines is 1. The Bertz CT molecular complexity index is 1600. The van der Waals surface area contributed by atoms with E-state index in [1.807, 2.05) is 30.3 Å². The van der Waals surface area contributed by atoms with Gasteiger partial charge in [0.15, 0.2) is 6.61 Å². The van der Waals surface area contributed by atoms with Crippen molar-refractivity contribution in [3.63, 3.8) is 0 Å². The number of hydrogen-bond donors (Lipinski definition) is 2. The van der Waals surface area contributed by atoms with Crippen molar-refractivity contribution >= 4 is 50.3 Å². The van der Waals surface area contributed by atoms with Crippen LogP contribution in [0.5, 0.6) is 0 Å². The van der Waals surface area contributed by atoms with Crippen molar-refractivity contribution in [1.29, 1.82) is 0 Å². The van der Waals surface area contributed by atoms with Crippen molar-refractivity contribution in [3.8, 4) is 0 Å². The Morgan fingerprint density at radius 1 is 0.909 bits per heavy atom. The van der Waals surface area contributed by atoms with Gasteiger partial charge in [0.1, 0.15) is 0 Å². The van der Waals surface area contributed by atoms with Gasteiger partial charge in [-0.3, -0.25) is 9.59 Å². The molecule has 0 bridgehead atoms. The quantitative estimate of drug-likeness (QED) is 0.396. The monoisotopic (exact) mass is 439 g/mol. The number of aryl methyl sites for hydroxylation is 1. The summed E-state index contributed by atoms with van der Waals surface area (Å²) in [4.78, 5) is 39.6. The number of carbonyl (C=O) groups excluding carboxylic acids is 2. The molecular weight excluding hydrogens is 418 g/mol. The molecule has 3 aromatic carbocycles. The number of H-pyrrole nitrogens is 1. The van der Waals surface area contributed by atoms with Crippen LogP contribution in [-0.2, 0) is 16.1 Å². The van der Waals surface area contributed by atoms with Gasteiger partial charge in [-0.2, -0.15) is 0 Å². The van der Waals surface area contributed by atoms with E-state index in [0.29, 0.717) is 16.6 Å². The number of ether oxygens (including phenoxy) is 1. The van der Waals surface area contributed by atoms with Crippen LogP contribution in [0.15, 0.2) is 77.6 Å². The summed E-state index contributed by atoms with van der Waals surface area (Å²) in [5, 5.41) is 5.49. The molecule has 7 heteroatoms. The minimum Gasteiger partial charge on any atom is -0.452 e. The third-order valence-corrected chi connectivity index (χ3v) is 5.68. The first kappa shape index (κ1) is 20.5. The maximum absolute atomic E-state index is 12.6. The number of rotatable bonds is 5. The lowest BCUT2D eigenvalue weighted by Crippen LogP contribution is -2.22. The smallest absolute Gasteiger partial charge is 0.339 e. The van der Waals surface area contributed by atoms with Crippen LogP contribution in [0.3, 0.4) is 0 Å². The number of amides is 1. The molecule has 5 aromatic rings. The highest BCUT2D eigenvalue weighted by Crippen LogP contribution is 2.31. The van der Waals surface area contributed by atoms with Crippen LogP contribution in [0.4, 0.5) is 5.69 Å². The van der Waals surface area contributed by atoms with E-state index in [9.17, 15) is 14.4 Å². The lowest BCUT2D eigenvalue weighted by molar-refractivity contribution is -0.119. The first-order valence-corrected chi connectivity index (χ1v) is 10.6. The fourth-order valence-electron chi connectivity index (χ4n) is 4.25. The molecule has 0 spiro atoms. The Balaban J connectivity index is 1.34. The number of para-hydroxylation sites is 2. The van der Waals surface area contributed by atoms with Crippen LogP contribution < -0.4 is 10.9 Å². The van der Waals surface area contributed by atoms with Crippen LogP contribution in [-0.4, -0.2) is 28.0 Å². The fourth-order valence-corrected chi connectivity index (χ4v) is 4.25. The predicted molar refractivity (Wildman–Crippen MR) is 129 cm³/mol. The Kier molecular flexibility index (Phi) is 5.14. The number of aromatic amines is 1. The zero-order valence-electron chi connectivity index (χ0n) is 17.9. The van der Waals surface area contributed by atoms with E-state index in [4.69, 9.17) is 4.74 Å². The number of benzene rings is 3. The lowest BCUT2D eigenvalue weighted by atomic mass is 10.1. The van der Waals surface area contributed by atoms with Gasteiger partial charge < -0.3 is 19.6 Å². The van der Waals surface area contributed by atoms with Crippen molar-refractivity contribution in [1.82, 2.24) is 9.55 Å². The largest absolute Gasteiger partial charge is 0.452 e. The summed E-state index contributed by atoms with van der Waals surface area (Å²) >= 11 is 0. The molecule has 2 heterocycles. The highest BCUT2D eigenvalue weighted by atomic mass is 16.5. The normalized spacial score (nSPS) is 11.2. The van der Waals surface area contributed by atoms with E-state index >= 15 is 0 Å². The van der Waals surface area contributed by atoms with Crippen molar-refractivity contribution in [2.75, 3.05) is 11.9 Å². The SMILES string of the molecule is CCn1c2ccccc2c2cc(NC(=O)COC(=O)c3cc(=O)[nH]c4ccccc34)ccc21. The van der Waals surface area contributed by atoms with Crippen LogP contribution in [0, 0.1) is 0 Å². The summed E-state index contributed by atoms with van der Waals surface area (Å²) in [6.07, 6.45) is 0. The lowest BCUT2D eigenvalue weighted by Gasteiger charge is -2.09. The molecule has 0 aliphatic heterocycles. The number of hydrogen-bond acceptors (Lipinski definition) is 4. The Morgan fingerprint density at radius 3 is 2.45 bits per heavy atom. The van der Waals surface area contributed by atoms with E-state index < -0.39 is 24.0 Å². The zero-order chi connectivity index (χ0) is 22.9. The summed E-state index contributed by atoms with van der Waals surface area (Å²) in [6, 6.07) is 22.0. The number of aromatic nitrogens is 2. The highest BCUT2D eigenvalue weighted by Gasteiger charge is 2.16. The average Bonchev–Trinajstić information content (AvgIpc) is 3.15. The Morgan fingerprint density at radius 2 is 1.64 bits per heavy atom. The van der Waals surface area contributed by atoms with Crippen LogP contribution >= 0.6 is 0 Å². The van der Waals surface area contributed by atoms with E-state index in [-0.39, 0.29) is 5.56 Å². The molecule has 0 saturated heterocycles. The van der Waals surface area contributed by atoms with Crippen molar-refractivity contribution in [2.45, 2.75) is 13.5 Å². The second-order valence-electron chi connectivity index (χ2n) is 7.71. The second kappa shape index (κ2) is 8.27. The van der Waals surface area contributed by atoms with E-state index in [1.165, 1.54) is 6.07 Å². The van der Waals surface area contributed by atoms with Gasteiger partial charge in [-0.25, -0.2) is 4.79 Å². The number of nitrogens with one attached hydrogen (secondary N) is 2.